The molecule has 0 aromatic carbocycles. The van der Waals surface area contributed by atoms with Crippen molar-refractivity contribution in [3.63, 3.8) is 0 Å². The molecule has 18 nitrogen and oxygen atoms in total. The van der Waals surface area contributed by atoms with Crippen LogP contribution in [0.5, 0.6) is 0 Å². The SMILES string of the molecule is CCCCC(=O)O[C@H]1[C@H](c2ccc3c(N)ncnn23)O[C@]2(C#N)C(OP(=O)(N[C@@H](C)C(=O)OCC)N[C@@H](C)C(=O)OCC)[C@]12OC(=O)CCCC. The van der Waals surface area contributed by atoms with Crippen molar-refractivity contribution in [1.82, 2.24) is 24.8 Å². The molecule has 4 N–H and O–H groups in total. The minimum absolute atomic E-state index is 0.00953. The van der Waals surface area contributed by atoms with E-state index in [0.29, 0.717) is 31.2 Å². The van der Waals surface area contributed by atoms with E-state index in [1.54, 1.807) is 26.0 Å². The summed E-state index contributed by atoms with van der Waals surface area (Å²) in [5, 5.41) is 20.2. The maximum Gasteiger partial charge on any atom is 0.342 e. The Morgan fingerprint density at radius 3 is 2.16 bits per heavy atom. The second-order valence-corrected chi connectivity index (χ2v) is 14.0. The summed E-state index contributed by atoms with van der Waals surface area (Å²) in [4.78, 5) is 56.0. The number of carbonyl (C=O) groups excluding carboxylic acids is 4. The number of carbonyl (C=O) groups is 4. The molecule has 51 heavy (non-hydrogen) atoms. The topological polar surface area (TPSA) is 245 Å². The Balaban J connectivity index is 1.85. The van der Waals surface area contributed by atoms with E-state index in [1.165, 1.54) is 24.7 Å². The summed E-state index contributed by atoms with van der Waals surface area (Å²) in [6.45, 7) is 9.69. The predicted molar refractivity (Wildman–Crippen MR) is 178 cm³/mol. The average molecular weight is 736 g/mol. The molecule has 0 amide bonds. The molecule has 1 unspecified atom stereocenters. The van der Waals surface area contributed by atoms with Crippen LogP contribution >= 0.6 is 7.67 Å². The number of nitrogens with zero attached hydrogens (tertiary/aromatic N) is 4. The molecule has 19 heteroatoms. The lowest BCUT2D eigenvalue weighted by atomic mass is 10.0. The molecule has 2 aromatic rings. The second-order valence-electron chi connectivity index (χ2n) is 12.2. The van der Waals surface area contributed by atoms with Gasteiger partial charge in [0.25, 0.3) is 0 Å². The van der Waals surface area contributed by atoms with Crippen LogP contribution in [-0.4, -0.2) is 87.2 Å². The summed E-state index contributed by atoms with van der Waals surface area (Å²) in [6, 6.07) is 2.72. The zero-order valence-corrected chi connectivity index (χ0v) is 30.5. The van der Waals surface area contributed by atoms with Gasteiger partial charge >= 0.3 is 31.5 Å². The summed E-state index contributed by atoms with van der Waals surface area (Å²) in [5.74, 6) is -2.89. The molecule has 7 atom stereocenters. The third kappa shape index (κ3) is 7.87. The van der Waals surface area contributed by atoms with Crippen molar-refractivity contribution in [2.24, 2.45) is 0 Å². The fourth-order valence-corrected chi connectivity index (χ4v) is 7.99. The van der Waals surface area contributed by atoms with Crippen molar-refractivity contribution in [2.45, 2.75) is 122 Å². The highest BCUT2D eigenvalue weighted by atomic mass is 31.2. The van der Waals surface area contributed by atoms with Crippen LogP contribution in [0.25, 0.3) is 5.52 Å². The molecule has 1 aliphatic carbocycles. The molecule has 4 rings (SSSR count). The Morgan fingerprint density at radius 2 is 1.61 bits per heavy atom. The minimum atomic E-state index is -4.61. The molecule has 280 valence electrons. The highest BCUT2D eigenvalue weighted by Gasteiger charge is 2.95. The van der Waals surface area contributed by atoms with Gasteiger partial charge < -0.3 is 29.4 Å². The minimum Gasteiger partial charge on any atom is -0.465 e. The second kappa shape index (κ2) is 16.5. The Bertz CT molecular complexity index is 1670. The quantitative estimate of drug-likeness (QED) is 0.107. The van der Waals surface area contributed by atoms with Gasteiger partial charge in [0.15, 0.2) is 18.0 Å². The van der Waals surface area contributed by atoms with Crippen LogP contribution in [0.15, 0.2) is 18.5 Å². The molecule has 2 aromatic heterocycles. The summed E-state index contributed by atoms with van der Waals surface area (Å²) in [7, 11) is -4.61. The first kappa shape index (κ1) is 39.6. The summed E-state index contributed by atoms with van der Waals surface area (Å²) < 4.78 is 50.8. The molecule has 0 bridgehead atoms. The lowest BCUT2D eigenvalue weighted by Gasteiger charge is -2.31. The Labute approximate surface area is 295 Å². The maximum atomic E-state index is 14.7. The van der Waals surface area contributed by atoms with E-state index in [2.05, 4.69) is 20.3 Å². The van der Waals surface area contributed by atoms with Gasteiger partial charge in [-0.15, -0.1) is 0 Å². The standard InChI is InChI=1S/C32H46N7O11P/c1-7-11-13-23(40)47-26-25(21-15-16-22-27(34)35-18-36-39(21)22)49-31(17-33)30(32(26,31)48-24(41)14-12-8-2)50-51(44,37-19(5)28(42)45-9-3)38-20(6)29(43)46-10-4/h15-16,18-20,25-26,30H,7-14H2,1-6H3,(H2,34,35,36)(H2,37,38,44)/t19-,20-,25-,26-,30?,31+,32+/m0/s1. The van der Waals surface area contributed by atoms with Crippen molar-refractivity contribution in [3.05, 3.63) is 24.2 Å². The lowest BCUT2D eigenvalue weighted by Crippen LogP contribution is -2.45. The van der Waals surface area contributed by atoms with Gasteiger partial charge in [-0.05, 0) is 52.7 Å². The predicted octanol–water partition coefficient (Wildman–Crippen LogP) is 2.81. The Hall–Kier alpha value is -4.14. The number of esters is 4. The fourth-order valence-electron chi connectivity index (χ4n) is 5.96. The lowest BCUT2D eigenvalue weighted by molar-refractivity contribution is -0.177. The van der Waals surface area contributed by atoms with E-state index >= 15 is 0 Å². The van der Waals surface area contributed by atoms with Gasteiger partial charge in [0.1, 0.15) is 36.1 Å². The first-order chi connectivity index (χ1) is 24.3. The molecular formula is C32H46N7O11P. The van der Waals surface area contributed by atoms with Crippen LogP contribution in [0.4, 0.5) is 5.82 Å². The largest absolute Gasteiger partial charge is 0.465 e. The number of aromatic nitrogens is 3. The van der Waals surface area contributed by atoms with Crippen LogP contribution in [-0.2, 0) is 52.0 Å². The molecule has 3 heterocycles. The van der Waals surface area contributed by atoms with Crippen molar-refractivity contribution < 1.29 is 52.0 Å². The summed E-state index contributed by atoms with van der Waals surface area (Å²) >= 11 is 0. The van der Waals surface area contributed by atoms with Gasteiger partial charge in [-0.3, -0.25) is 28.3 Å². The highest BCUT2D eigenvalue weighted by molar-refractivity contribution is 7.54. The Kier molecular flexibility index (Phi) is 12.8. The molecular weight excluding hydrogens is 689 g/mol. The highest BCUT2D eigenvalue weighted by Crippen LogP contribution is 2.70. The number of ether oxygens (including phenoxy) is 5. The molecule has 0 spiro atoms. The smallest absolute Gasteiger partial charge is 0.342 e. The number of nitriles is 1. The zero-order valence-electron chi connectivity index (χ0n) is 29.6. The third-order valence-electron chi connectivity index (χ3n) is 8.51. The van der Waals surface area contributed by atoms with E-state index in [4.69, 9.17) is 33.9 Å². The molecule has 0 radical (unpaired) electrons. The molecule has 1 aliphatic heterocycles. The normalized spacial score (nSPS) is 24.9. The van der Waals surface area contributed by atoms with Gasteiger partial charge in [-0.1, -0.05) is 26.7 Å². The van der Waals surface area contributed by atoms with E-state index in [-0.39, 0.29) is 37.6 Å². The number of unbranched alkanes of at least 4 members (excludes halogenated alkanes) is 2. The molecule has 2 aliphatic rings. The number of nitrogen functional groups attached to an aromatic ring is 1. The summed E-state index contributed by atoms with van der Waals surface area (Å²) in [5.41, 5.74) is 2.34. The van der Waals surface area contributed by atoms with Gasteiger partial charge in [0.05, 0.1) is 18.9 Å². The van der Waals surface area contributed by atoms with E-state index < -0.39 is 73.1 Å². The van der Waals surface area contributed by atoms with Crippen LogP contribution in [0.3, 0.4) is 0 Å². The summed E-state index contributed by atoms with van der Waals surface area (Å²) in [6.07, 6.45) is -1.15. The molecule has 2 fully saturated rings. The monoisotopic (exact) mass is 735 g/mol. The molecule has 1 saturated carbocycles. The van der Waals surface area contributed by atoms with Crippen molar-refractivity contribution in [1.29, 1.82) is 5.26 Å². The van der Waals surface area contributed by atoms with Crippen LogP contribution < -0.4 is 15.9 Å². The first-order valence-electron chi connectivity index (χ1n) is 17.0. The van der Waals surface area contributed by atoms with E-state index in [0.717, 1.165) is 0 Å². The maximum absolute atomic E-state index is 14.7. The number of rotatable bonds is 19. The van der Waals surface area contributed by atoms with Crippen LogP contribution in [0.2, 0.25) is 0 Å². The van der Waals surface area contributed by atoms with Crippen molar-refractivity contribution >= 4 is 42.9 Å². The van der Waals surface area contributed by atoms with Crippen LogP contribution in [0, 0.1) is 11.3 Å². The Morgan fingerprint density at radius 1 is 1.02 bits per heavy atom. The van der Waals surface area contributed by atoms with Crippen LogP contribution in [0.1, 0.15) is 91.9 Å². The van der Waals surface area contributed by atoms with Gasteiger partial charge in [-0.25, -0.2) is 19.7 Å². The number of fused-ring (bicyclic) bond motifs is 2. The van der Waals surface area contributed by atoms with Gasteiger partial charge in [-0.2, -0.15) is 10.4 Å². The third-order valence-corrected chi connectivity index (χ3v) is 10.5. The van der Waals surface area contributed by atoms with Crippen molar-refractivity contribution in [2.75, 3.05) is 18.9 Å². The number of nitrogens with one attached hydrogen (secondary N) is 2. The van der Waals surface area contributed by atoms with Crippen molar-refractivity contribution in [3.8, 4) is 6.07 Å². The number of hydrogen-bond donors (Lipinski definition) is 3. The number of nitrogens with two attached hydrogens (primary N) is 1. The fraction of sp³-hybridized carbons (Fsp3) is 0.656. The van der Waals surface area contributed by atoms with Gasteiger partial charge in [0, 0.05) is 12.8 Å². The van der Waals surface area contributed by atoms with E-state index in [1.807, 2.05) is 19.9 Å². The van der Waals surface area contributed by atoms with E-state index in [9.17, 15) is 29.0 Å². The number of hydrogen-bond acceptors (Lipinski definition) is 15. The zero-order chi connectivity index (χ0) is 37.6. The average Bonchev–Trinajstić information content (AvgIpc) is 3.33. The first-order valence-corrected chi connectivity index (χ1v) is 18.7. The number of anilines is 1. The van der Waals surface area contributed by atoms with Gasteiger partial charge in [0.2, 0.25) is 11.2 Å². The molecule has 1 saturated heterocycles.